The summed E-state index contributed by atoms with van der Waals surface area (Å²) < 4.78 is 0. The van der Waals surface area contributed by atoms with E-state index < -0.39 is 0 Å². The fraction of sp³-hybridized carbons (Fsp3) is 0.643. The van der Waals surface area contributed by atoms with Crippen LogP contribution in [0.15, 0.2) is 28.9 Å². The number of hydrogen-bond donors (Lipinski definition) is 1. The Labute approximate surface area is 109 Å². The quantitative estimate of drug-likeness (QED) is 0.804. The Morgan fingerprint density at radius 1 is 1.22 bits per heavy atom. The summed E-state index contributed by atoms with van der Waals surface area (Å²) in [5.74, 6) is 0. The number of nitrogens with zero attached hydrogens (tertiary/aromatic N) is 3. The maximum Gasteiger partial charge on any atom is 0.0558 e. The van der Waals surface area contributed by atoms with Gasteiger partial charge in [-0.1, -0.05) is 12.2 Å². The summed E-state index contributed by atoms with van der Waals surface area (Å²) in [6.07, 6.45) is 7.35. The Bertz CT molecular complexity index is 352. The number of rotatable bonds is 4. The minimum Gasteiger partial charge on any atom is -0.395 e. The predicted octanol–water partition coefficient (Wildman–Crippen LogP) is 0.901. The molecule has 1 fully saturated rings. The van der Waals surface area contributed by atoms with E-state index in [-0.39, 0.29) is 6.61 Å². The normalized spacial score (nSPS) is 22.6. The van der Waals surface area contributed by atoms with Crippen molar-refractivity contribution in [3.05, 3.63) is 23.9 Å². The highest BCUT2D eigenvalue weighted by atomic mass is 16.3. The molecule has 100 valence electrons. The first kappa shape index (κ1) is 13.5. The van der Waals surface area contributed by atoms with Crippen molar-refractivity contribution in [1.29, 1.82) is 0 Å². The molecule has 2 aliphatic heterocycles. The van der Waals surface area contributed by atoms with Gasteiger partial charge in [0, 0.05) is 57.6 Å². The highest BCUT2D eigenvalue weighted by molar-refractivity contribution is 5.84. The van der Waals surface area contributed by atoms with Gasteiger partial charge in [-0.05, 0) is 12.5 Å². The fourth-order valence-electron chi connectivity index (χ4n) is 2.33. The lowest BCUT2D eigenvalue weighted by atomic mass is 10.2. The lowest BCUT2D eigenvalue weighted by molar-refractivity contribution is 0.119. The summed E-state index contributed by atoms with van der Waals surface area (Å²) in [7, 11) is 0. The van der Waals surface area contributed by atoms with Gasteiger partial charge >= 0.3 is 0 Å². The van der Waals surface area contributed by atoms with Crippen LogP contribution in [0.1, 0.15) is 13.3 Å². The van der Waals surface area contributed by atoms with E-state index in [0.29, 0.717) is 0 Å². The van der Waals surface area contributed by atoms with Crippen LogP contribution in [0.2, 0.25) is 0 Å². The number of β-amino-alcohol motifs (C(OH)–C–C–N with tert-alkyl or cyclic N) is 1. The molecule has 0 bridgehead atoms. The third-order valence-corrected chi connectivity index (χ3v) is 3.48. The lowest BCUT2D eigenvalue weighted by Crippen LogP contribution is -2.47. The molecule has 0 aromatic rings. The second-order valence-electron chi connectivity index (χ2n) is 5.02. The molecule has 2 rings (SSSR count). The van der Waals surface area contributed by atoms with Crippen LogP contribution in [0.5, 0.6) is 0 Å². The topological polar surface area (TPSA) is 39.1 Å². The first-order valence-electron chi connectivity index (χ1n) is 6.72. The van der Waals surface area contributed by atoms with Crippen molar-refractivity contribution in [2.45, 2.75) is 13.3 Å². The molecule has 0 aromatic heterocycles. The van der Waals surface area contributed by atoms with Crippen LogP contribution < -0.4 is 0 Å². The van der Waals surface area contributed by atoms with Crippen molar-refractivity contribution >= 4 is 5.71 Å². The molecule has 2 heterocycles. The van der Waals surface area contributed by atoms with E-state index in [0.717, 1.165) is 45.7 Å². The lowest BCUT2D eigenvalue weighted by Gasteiger charge is -2.34. The summed E-state index contributed by atoms with van der Waals surface area (Å²) >= 11 is 0. The minimum absolute atomic E-state index is 0.266. The van der Waals surface area contributed by atoms with Crippen molar-refractivity contribution in [3.63, 3.8) is 0 Å². The predicted molar refractivity (Wildman–Crippen MR) is 74.9 cm³/mol. The second kappa shape index (κ2) is 6.83. The van der Waals surface area contributed by atoms with Gasteiger partial charge in [0.2, 0.25) is 0 Å². The SMILES string of the molecule is CC1=NC=C(CN2CCN(CCO)CC2)C=CC1. The van der Waals surface area contributed by atoms with E-state index in [1.54, 1.807) is 0 Å². The van der Waals surface area contributed by atoms with Crippen LogP contribution in [0, 0.1) is 0 Å². The van der Waals surface area contributed by atoms with Gasteiger partial charge in [-0.25, -0.2) is 0 Å². The Morgan fingerprint density at radius 3 is 2.67 bits per heavy atom. The first-order chi connectivity index (χ1) is 8.78. The zero-order valence-electron chi connectivity index (χ0n) is 11.2. The molecule has 0 aliphatic carbocycles. The van der Waals surface area contributed by atoms with Crippen molar-refractivity contribution in [1.82, 2.24) is 9.80 Å². The third kappa shape index (κ3) is 4.05. The number of aliphatic hydroxyl groups is 1. The standard InChI is InChI=1S/C14H23N3O/c1-13-3-2-4-14(11-15-13)12-17-7-5-16(6-8-17)9-10-18/h2,4,11,18H,3,5-10,12H2,1H3. The zero-order valence-corrected chi connectivity index (χ0v) is 11.2. The van der Waals surface area contributed by atoms with Gasteiger partial charge in [-0.2, -0.15) is 0 Å². The average Bonchev–Trinajstić information content (AvgIpc) is 2.57. The number of aliphatic imine (C=N–C) groups is 1. The van der Waals surface area contributed by atoms with Crippen molar-refractivity contribution in [2.24, 2.45) is 4.99 Å². The van der Waals surface area contributed by atoms with Gasteiger partial charge in [-0.3, -0.25) is 14.8 Å². The molecule has 1 N–H and O–H groups in total. The Kier molecular flexibility index (Phi) is 5.11. The van der Waals surface area contributed by atoms with E-state index in [4.69, 9.17) is 5.11 Å². The molecule has 0 aromatic carbocycles. The summed E-state index contributed by atoms with van der Waals surface area (Å²) in [5.41, 5.74) is 2.47. The molecule has 0 amide bonds. The fourth-order valence-corrected chi connectivity index (χ4v) is 2.33. The minimum atomic E-state index is 0.266. The van der Waals surface area contributed by atoms with Crippen molar-refractivity contribution in [2.75, 3.05) is 45.9 Å². The molecule has 0 saturated carbocycles. The van der Waals surface area contributed by atoms with Crippen LogP contribution >= 0.6 is 0 Å². The largest absolute Gasteiger partial charge is 0.395 e. The van der Waals surface area contributed by atoms with Gasteiger partial charge in [-0.15, -0.1) is 0 Å². The molecule has 18 heavy (non-hydrogen) atoms. The molecule has 0 spiro atoms. The van der Waals surface area contributed by atoms with Gasteiger partial charge in [0.15, 0.2) is 0 Å². The monoisotopic (exact) mass is 249 g/mol. The molecule has 2 aliphatic rings. The van der Waals surface area contributed by atoms with Crippen LogP contribution in [0.4, 0.5) is 0 Å². The molecule has 4 heteroatoms. The highest BCUT2D eigenvalue weighted by Crippen LogP contribution is 2.09. The molecule has 1 saturated heterocycles. The highest BCUT2D eigenvalue weighted by Gasteiger charge is 2.16. The van der Waals surface area contributed by atoms with Crippen molar-refractivity contribution in [3.8, 4) is 0 Å². The molecule has 4 nitrogen and oxygen atoms in total. The van der Waals surface area contributed by atoms with E-state index in [9.17, 15) is 0 Å². The second-order valence-corrected chi connectivity index (χ2v) is 5.02. The van der Waals surface area contributed by atoms with E-state index in [1.165, 1.54) is 11.3 Å². The van der Waals surface area contributed by atoms with E-state index in [1.807, 2.05) is 6.20 Å². The molecular weight excluding hydrogens is 226 g/mol. The van der Waals surface area contributed by atoms with Crippen LogP contribution in [0.3, 0.4) is 0 Å². The number of allylic oxidation sites excluding steroid dienone is 1. The van der Waals surface area contributed by atoms with Crippen LogP contribution in [-0.2, 0) is 0 Å². The van der Waals surface area contributed by atoms with Crippen LogP contribution in [0.25, 0.3) is 0 Å². The Balaban J connectivity index is 1.81. The molecule has 0 radical (unpaired) electrons. The zero-order chi connectivity index (χ0) is 12.8. The average molecular weight is 249 g/mol. The maximum atomic E-state index is 8.91. The smallest absolute Gasteiger partial charge is 0.0558 e. The first-order valence-corrected chi connectivity index (χ1v) is 6.72. The van der Waals surface area contributed by atoms with E-state index >= 15 is 0 Å². The summed E-state index contributed by atoms with van der Waals surface area (Å²) in [6.45, 7) is 8.39. The summed E-state index contributed by atoms with van der Waals surface area (Å²) in [6, 6.07) is 0. The summed E-state index contributed by atoms with van der Waals surface area (Å²) in [4.78, 5) is 9.21. The Hall–Kier alpha value is -0.970. The molecule has 0 atom stereocenters. The van der Waals surface area contributed by atoms with Crippen molar-refractivity contribution < 1.29 is 5.11 Å². The van der Waals surface area contributed by atoms with Gasteiger partial charge in [0.25, 0.3) is 0 Å². The number of hydrogen-bond acceptors (Lipinski definition) is 4. The van der Waals surface area contributed by atoms with Gasteiger partial charge in [0.1, 0.15) is 0 Å². The van der Waals surface area contributed by atoms with Gasteiger partial charge in [0.05, 0.1) is 6.61 Å². The van der Waals surface area contributed by atoms with E-state index in [2.05, 4.69) is 33.9 Å². The molecule has 0 unspecified atom stereocenters. The van der Waals surface area contributed by atoms with Gasteiger partial charge < -0.3 is 5.11 Å². The molecular formula is C14H23N3O. The number of piperazine rings is 1. The number of aliphatic hydroxyl groups excluding tert-OH is 1. The Morgan fingerprint density at radius 2 is 1.94 bits per heavy atom. The van der Waals surface area contributed by atoms with Crippen LogP contribution in [-0.4, -0.2) is 66.5 Å². The maximum absolute atomic E-state index is 8.91. The summed E-state index contributed by atoms with van der Waals surface area (Å²) in [5, 5.41) is 8.91. The third-order valence-electron chi connectivity index (χ3n) is 3.48.